The van der Waals surface area contributed by atoms with Crippen LogP contribution >= 0.6 is 0 Å². The Morgan fingerprint density at radius 3 is 2.48 bits per heavy atom. The van der Waals surface area contributed by atoms with Crippen LogP contribution in [0, 0.1) is 11.6 Å². The van der Waals surface area contributed by atoms with Gasteiger partial charge in [-0.25, -0.2) is 23.1 Å². The standard InChI is InChI=1S/C15H9F3N2O/c16-11-4-3-10(14(17)9-6-19-8-20-7-9)15(18)13(11)12-2-1-5-21-12/h1-8,14H. The van der Waals surface area contributed by atoms with Gasteiger partial charge in [0.1, 0.15) is 23.7 Å². The van der Waals surface area contributed by atoms with E-state index in [1.54, 1.807) is 0 Å². The van der Waals surface area contributed by atoms with Gasteiger partial charge in [0.05, 0.1) is 11.8 Å². The molecule has 21 heavy (non-hydrogen) atoms. The van der Waals surface area contributed by atoms with E-state index in [0.717, 1.165) is 12.1 Å². The molecule has 0 amide bonds. The van der Waals surface area contributed by atoms with Crippen LogP contribution in [0.15, 0.2) is 53.7 Å². The average molecular weight is 290 g/mol. The normalized spacial score (nSPS) is 12.3. The van der Waals surface area contributed by atoms with E-state index in [1.807, 2.05) is 0 Å². The van der Waals surface area contributed by atoms with Gasteiger partial charge in [-0.15, -0.1) is 0 Å². The Kier molecular flexibility index (Phi) is 3.43. The molecule has 1 aromatic carbocycles. The molecule has 0 bridgehead atoms. The summed E-state index contributed by atoms with van der Waals surface area (Å²) in [5.41, 5.74) is -0.594. The van der Waals surface area contributed by atoms with Crippen LogP contribution in [0.5, 0.6) is 0 Å². The molecule has 1 unspecified atom stereocenters. The lowest BCUT2D eigenvalue weighted by molar-refractivity contribution is 0.384. The van der Waals surface area contributed by atoms with Crippen LogP contribution in [-0.4, -0.2) is 9.97 Å². The molecule has 0 aliphatic rings. The van der Waals surface area contributed by atoms with Crippen molar-refractivity contribution in [1.82, 2.24) is 9.97 Å². The zero-order valence-corrected chi connectivity index (χ0v) is 10.6. The maximum atomic E-state index is 14.5. The molecule has 3 nitrogen and oxygen atoms in total. The van der Waals surface area contributed by atoms with Crippen LogP contribution < -0.4 is 0 Å². The topological polar surface area (TPSA) is 38.9 Å². The number of halogens is 3. The highest BCUT2D eigenvalue weighted by atomic mass is 19.1. The minimum atomic E-state index is -1.79. The molecule has 2 heterocycles. The summed E-state index contributed by atoms with van der Waals surface area (Å²) >= 11 is 0. The molecule has 1 atom stereocenters. The average Bonchev–Trinajstić information content (AvgIpc) is 3.02. The van der Waals surface area contributed by atoms with E-state index in [4.69, 9.17) is 4.42 Å². The maximum absolute atomic E-state index is 14.5. The molecule has 0 aliphatic heterocycles. The van der Waals surface area contributed by atoms with E-state index in [0.29, 0.717) is 0 Å². The lowest BCUT2D eigenvalue weighted by atomic mass is 10.0. The fraction of sp³-hybridized carbons (Fsp3) is 0.0667. The van der Waals surface area contributed by atoms with Crippen molar-refractivity contribution >= 4 is 0 Å². The molecule has 0 spiro atoms. The molecular formula is C15H9F3N2O. The number of nitrogens with zero attached hydrogens (tertiary/aromatic N) is 2. The summed E-state index contributed by atoms with van der Waals surface area (Å²) in [6, 6.07) is 4.98. The second-order valence-corrected chi connectivity index (χ2v) is 4.34. The molecule has 106 valence electrons. The second kappa shape index (κ2) is 5.40. The van der Waals surface area contributed by atoms with Gasteiger partial charge in [0.25, 0.3) is 0 Å². The third kappa shape index (κ3) is 2.40. The minimum absolute atomic E-state index is 0.00311. The highest BCUT2D eigenvalue weighted by molar-refractivity contribution is 5.61. The van der Waals surface area contributed by atoms with Crippen LogP contribution in [0.3, 0.4) is 0 Å². The zero-order valence-electron chi connectivity index (χ0n) is 10.6. The number of rotatable bonds is 3. The molecule has 0 fully saturated rings. The van der Waals surface area contributed by atoms with E-state index < -0.39 is 23.4 Å². The Bertz CT molecular complexity index is 745. The van der Waals surface area contributed by atoms with Crippen LogP contribution in [0.2, 0.25) is 0 Å². The lowest BCUT2D eigenvalue weighted by Crippen LogP contribution is -2.02. The number of hydrogen-bond acceptors (Lipinski definition) is 3. The van der Waals surface area contributed by atoms with Crippen molar-refractivity contribution < 1.29 is 17.6 Å². The molecule has 0 saturated heterocycles. The molecule has 3 rings (SSSR count). The Hall–Kier alpha value is -2.63. The number of hydrogen-bond donors (Lipinski definition) is 0. The SMILES string of the molecule is Fc1ccc(C(F)c2cncnc2)c(F)c1-c1ccco1. The van der Waals surface area contributed by atoms with E-state index >= 15 is 0 Å². The van der Waals surface area contributed by atoms with E-state index in [9.17, 15) is 13.2 Å². The molecular weight excluding hydrogens is 281 g/mol. The Morgan fingerprint density at radius 1 is 1.05 bits per heavy atom. The van der Waals surface area contributed by atoms with Gasteiger partial charge in [-0.1, -0.05) is 0 Å². The van der Waals surface area contributed by atoms with Crippen molar-refractivity contribution in [3.63, 3.8) is 0 Å². The third-order valence-corrected chi connectivity index (χ3v) is 3.03. The molecule has 2 aromatic heterocycles. The minimum Gasteiger partial charge on any atom is -0.464 e. The van der Waals surface area contributed by atoms with Gasteiger partial charge < -0.3 is 4.42 Å². The molecule has 3 aromatic rings. The smallest absolute Gasteiger partial charge is 0.156 e. The summed E-state index contributed by atoms with van der Waals surface area (Å²) in [7, 11) is 0. The van der Waals surface area contributed by atoms with Crippen LogP contribution in [0.25, 0.3) is 11.3 Å². The van der Waals surface area contributed by atoms with Crippen molar-refractivity contribution in [3.05, 3.63) is 72.0 Å². The van der Waals surface area contributed by atoms with Crippen molar-refractivity contribution in [2.45, 2.75) is 6.17 Å². The van der Waals surface area contributed by atoms with Crippen LogP contribution in [0.1, 0.15) is 17.3 Å². The second-order valence-electron chi connectivity index (χ2n) is 4.34. The van der Waals surface area contributed by atoms with E-state index in [2.05, 4.69) is 9.97 Å². The Balaban J connectivity index is 2.11. The molecule has 0 N–H and O–H groups in total. The molecule has 6 heteroatoms. The Labute approximate surface area is 118 Å². The molecule has 0 radical (unpaired) electrons. The summed E-state index contributed by atoms with van der Waals surface area (Å²) in [5, 5.41) is 0. The van der Waals surface area contributed by atoms with Gasteiger partial charge in [-0.05, 0) is 24.3 Å². The fourth-order valence-corrected chi connectivity index (χ4v) is 2.03. The monoisotopic (exact) mass is 290 g/mol. The first-order valence-electron chi connectivity index (χ1n) is 6.09. The maximum Gasteiger partial charge on any atom is 0.156 e. The number of aromatic nitrogens is 2. The van der Waals surface area contributed by atoms with E-state index in [1.165, 1.54) is 37.1 Å². The van der Waals surface area contributed by atoms with Crippen molar-refractivity contribution in [2.24, 2.45) is 0 Å². The number of furan rings is 1. The molecule has 0 aliphatic carbocycles. The number of alkyl halides is 1. The van der Waals surface area contributed by atoms with Gasteiger partial charge in [0, 0.05) is 23.5 Å². The number of benzene rings is 1. The largest absolute Gasteiger partial charge is 0.464 e. The van der Waals surface area contributed by atoms with Crippen molar-refractivity contribution in [3.8, 4) is 11.3 Å². The van der Waals surface area contributed by atoms with Crippen molar-refractivity contribution in [2.75, 3.05) is 0 Å². The van der Waals surface area contributed by atoms with Gasteiger partial charge in [-0.2, -0.15) is 0 Å². The first kappa shape index (κ1) is 13.4. The summed E-state index contributed by atoms with van der Waals surface area (Å²) in [6.45, 7) is 0. The lowest BCUT2D eigenvalue weighted by Gasteiger charge is -2.12. The third-order valence-electron chi connectivity index (χ3n) is 3.03. The van der Waals surface area contributed by atoms with Gasteiger partial charge >= 0.3 is 0 Å². The summed E-state index contributed by atoms with van der Waals surface area (Å²) in [5.74, 6) is -1.81. The van der Waals surface area contributed by atoms with Gasteiger partial charge in [0.15, 0.2) is 6.17 Å². The van der Waals surface area contributed by atoms with Gasteiger partial charge in [0.2, 0.25) is 0 Å². The summed E-state index contributed by atoms with van der Waals surface area (Å²) in [6.07, 6.45) is 3.23. The summed E-state index contributed by atoms with van der Waals surface area (Å²) < 4.78 is 47.7. The van der Waals surface area contributed by atoms with Crippen molar-refractivity contribution in [1.29, 1.82) is 0 Å². The highest BCUT2D eigenvalue weighted by Gasteiger charge is 2.24. The first-order chi connectivity index (χ1) is 10.2. The van der Waals surface area contributed by atoms with E-state index in [-0.39, 0.29) is 16.9 Å². The fourth-order valence-electron chi connectivity index (χ4n) is 2.03. The van der Waals surface area contributed by atoms with Gasteiger partial charge in [-0.3, -0.25) is 0 Å². The Morgan fingerprint density at radius 2 is 1.81 bits per heavy atom. The van der Waals surface area contributed by atoms with Crippen LogP contribution in [-0.2, 0) is 0 Å². The zero-order chi connectivity index (χ0) is 14.8. The first-order valence-corrected chi connectivity index (χ1v) is 6.09. The van der Waals surface area contributed by atoms with Crippen LogP contribution in [0.4, 0.5) is 13.2 Å². The quantitative estimate of drug-likeness (QED) is 0.729. The predicted molar refractivity (Wildman–Crippen MR) is 69.0 cm³/mol. The predicted octanol–water partition coefficient (Wildman–Crippen LogP) is 4.07. The highest BCUT2D eigenvalue weighted by Crippen LogP contribution is 2.34. The summed E-state index contributed by atoms with van der Waals surface area (Å²) in [4.78, 5) is 7.37. The molecule has 0 saturated carbocycles.